The molecular weight excluding hydrogens is 200 g/mol. The Labute approximate surface area is 96.7 Å². The maximum atomic E-state index is 11.5. The molecule has 0 bridgehead atoms. The van der Waals surface area contributed by atoms with Crippen LogP contribution in [0.5, 0.6) is 0 Å². The monoisotopic (exact) mass is 228 g/mol. The van der Waals surface area contributed by atoms with Crippen LogP contribution in [-0.2, 0) is 4.79 Å². The van der Waals surface area contributed by atoms with Gasteiger partial charge in [0.2, 0.25) is 0 Å². The Morgan fingerprint density at radius 3 is 2.07 bits per heavy atom. The average molecular weight is 228 g/mol. The molecule has 0 unspecified atom stereocenters. The molecule has 0 amide bonds. The second kappa shape index (κ2) is 8.09. The van der Waals surface area contributed by atoms with Crippen molar-refractivity contribution in [1.82, 2.24) is 0 Å². The SMILES string of the molecule is CCCCCCCC(=O)CC[Si](C)(C)C. The van der Waals surface area contributed by atoms with Gasteiger partial charge in [-0.05, 0) is 6.42 Å². The highest BCUT2D eigenvalue weighted by Crippen LogP contribution is 2.13. The fraction of sp³-hybridized carbons (Fsp3) is 0.923. The summed E-state index contributed by atoms with van der Waals surface area (Å²) in [6, 6.07) is 1.17. The van der Waals surface area contributed by atoms with Gasteiger partial charge < -0.3 is 0 Å². The van der Waals surface area contributed by atoms with Gasteiger partial charge in [0.15, 0.2) is 0 Å². The number of carbonyl (C=O) groups excluding carboxylic acids is 1. The van der Waals surface area contributed by atoms with Crippen molar-refractivity contribution in [2.24, 2.45) is 0 Å². The van der Waals surface area contributed by atoms with E-state index in [9.17, 15) is 4.79 Å². The fourth-order valence-corrected chi connectivity index (χ4v) is 2.59. The highest BCUT2D eigenvalue weighted by Gasteiger charge is 2.14. The van der Waals surface area contributed by atoms with Gasteiger partial charge in [0, 0.05) is 20.9 Å². The van der Waals surface area contributed by atoms with Gasteiger partial charge in [0.1, 0.15) is 5.78 Å². The molecule has 0 radical (unpaired) electrons. The van der Waals surface area contributed by atoms with E-state index in [0.717, 1.165) is 19.3 Å². The number of Topliss-reactive ketones (excluding diaryl/α,β-unsaturated/α-hetero) is 1. The summed E-state index contributed by atoms with van der Waals surface area (Å²) in [6.45, 7) is 9.23. The van der Waals surface area contributed by atoms with Crippen LogP contribution >= 0.6 is 0 Å². The van der Waals surface area contributed by atoms with Crippen LogP contribution in [0.4, 0.5) is 0 Å². The largest absolute Gasteiger partial charge is 0.300 e. The lowest BCUT2D eigenvalue weighted by molar-refractivity contribution is -0.118. The van der Waals surface area contributed by atoms with Crippen molar-refractivity contribution in [2.75, 3.05) is 0 Å². The molecule has 0 saturated heterocycles. The summed E-state index contributed by atoms with van der Waals surface area (Å²) < 4.78 is 0. The summed E-state index contributed by atoms with van der Waals surface area (Å²) in [5.74, 6) is 0.494. The van der Waals surface area contributed by atoms with Gasteiger partial charge in [0.25, 0.3) is 0 Å². The Morgan fingerprint density at radius 2 is 1.53 bits per heavy atom. The fourth-order valence-electron chi connectivity index (χ4n) is 1.57. The number of unbranched alkanes of at least 4 members (excludes halogenated alkanes) is 4. The molecule has 90 valence electrons. The lowest BCUT2D eigenvalue weighted by Gasteiger charge is -2.14. The molecule has 0 aromatic rings. The van der Waals surface area contributed by atoms with Crippen LogP contribution in [0.2, 0.25) is 25.7 Å². The first kappa shape index (κ1) is 14.9. The molecule has 0 aliphatic carbocycles. The van der Waals surface area contributed by atoms with Gasteiger partial charge in [-0.2, -0.15) is 0 Å². The summed E-state index contributed by atoms with van der Waals surface area (Å²) in [6.07, 6.45) is 7.93. The maximum absolute atomic E-state index is 11.5. The van der Waals surface area contributed by atoms with Crippen molar-refractivity contribution in [1.29, 1.82) is 0 Å². The molecule has 0 spiro atoms. The molecular formula is C13H28OSi. The van der Waals surface area contributed by atoms with E-state index in [1.54, 1.807) is 0 Å². The summed E-state index contributed by atoms with van der Waals surface area (Å²) >= 11 is 0. The second-order valence-electron chi connectivity index (χ2n) is 5.76. The Balaban J connectivity index is 3.34. The second-order valence-corrected chi connectivity index (χ2v) is 11.4. The highest BCUT2D eigenvalue weighted by atomic mass is 28.3. The van der Waals surface area contributed by atoms with Crippen LogP contribution in [0.15, 0.2) is 0 Å². The van der Waals surface area contributed by atoms with E-state index in [0.29, 0.717) is 5.78 Å². The molecule has 0 rings (SSSR count). The molecule has 15 heavy (non-hydrogen) atoms. The van der Waals surface area contributed by atoms with E-state index in [1.165, 1.54) is 31.7 Å². The van der Waals surface area contributed by atoms with Gasteiger partial charge in [-0.15, -0.1) is 0 Å². The van der Waals surface area contributed by atoms with Crippen molar-refractivity contribution >= 4 is 13.9 Å². The zero-order chi connectivity index (χ0) is 11.7. The molecule has 0 aromatic heterocycles. The van der Waals surface area contributed by atoms with Crippen molar-refractivity contribution in [3.05, 3.63) is 0 Å². The number of hydrogen-bond acceptors (Lipinski definition) is 1. The quantitative estimate of drug-likeness (QED) is 0.415. The number of hydrogen-bond donors (Lipinski definition) is 0. The molecule has 0 aliphatic rings. The lowest BCUT2D eigenvalue weighted by Crippen LogP contribution is -2.20. The summed E-state index contributed by atoms with van der Waals surface area (Å²) in [7, 11) is -1.00. The third-order valence-corrected chi connectivity index (χ3v) is 4.46. The van der Waals surface area contributed by atoms with E-state index in [-0.39, 0.29) is 0 Å². The first-order chi connectivity index (χ1) is 6.95. The van der Waals surface area contributed by atoms with Gasteiger partial charge in [0.05, 0.1) is 0 Å². The predicted molar refractivity (Wildman–Crippen MR) is 71.2 cm³/mol. The number of rotatable bonds is 9. The predicted octanol–water partition coefficient (Wildman–Crippen LogP) is 4.64. The van der Waals surface area contributed by atoms with Crippen molar-refractivity contribution < 1.29 is 4.79 Å². The van der Waals surface area contributed by atoms with Crippen LogP contribution in [0.1, 0.15) is 51.9 Å². The van der Waals surface area contributed by atoms with Gasteiger partial charge in [-0.1, -0.05) is 58.3 Å². The Morgan fingerprint density at radius 1 is 0.933 bits per heavy atom. The number of carbonyl (C=O) groups is 1. The average Bonchev–Trinajstić information content (AvgIpc) is 2.13. The first-order valence-corrected chi connectivity index (χ1v) is 10.2. The van der Waals surface area contributed by atoms with E-state index >= 15 is 0 Å². The summed E-state index contributed by atoms with van der Waals surface area (Å²) in [5.41, 5.74) is 0. The van der Waals surface area contributed by atoms with Gasteiger partial charge >= 0.3 is 0 Å². The lowest BCUT2D eigenvalue weighted by atomic mass is 10.1. The topological polar surface area (TPSA) is 17.1 Å². The third-order valence-electron chi connectivity index (χ3n) is 2.71. The minimum atomic E-state index is -1.00. The van der Waals surface area contributed by atoms with Crippen molar-refractivity contribution in [2.45, 2.75) is 77.6 Å². The van der Waals surface area contributed by atoms with Crippen molar-refractivity contribution in [3.8, 4) is 0 Å². The molecule has 1 nitrogen and oxygen atoms in total. The minimum Gasteiger partial charge on any atom is -0.300 e. The van der Waals surface area contributed by atoms with Crippen LogP contribution in [0.3, 0.4) is 0 Å². The van der Waals surface area contributed by atoms with Crippen molar-refractivity contribution in [3.63, 3.8) is 0 Å². The molecule has 0 aromatic carbocycles. The molecule has 0 aliphatic heterocycles. The normalized spacial score (nSPS) is 11.7. The zero-order valence-corrected chi connectivity index (χ0v) is 12.1. The molecule has 0 fully saturated rings. The van der Waals surface area contributed by atoms with E-state index in [2.05, 4.69) is 26.6 Å². The Bertz CT molecular complexity index is 170. The molecule has 0 saturated carbocycles. The molecule has 0 heterocycles. The zero-order valence-electron chi connectivity index (χ0n) is 11.1. The Hall–Kier alpha value is -0.113. The number of ketones is 1. The van der Waals surface area contributed by atoms with E-state index < -0.39 is 8.07 Å². The molecule has 0 N–H and O–H groups in total. The van der Waals surface area contributed by atoms with Gasteiger partial charge in [-0.25, -0.2) is 0 Å². The highest BCUT2D eigenvalue weighted by molar-refractivity contribution is 6.76. The maximum Gasteiger partial charge on any atom is 0.132 e. The van der Waals surface area contributed by atoms with Crippen LogP contribution in [-0.4, -0.2) is 13.9 Å². The Kier molecular flexibility index (Phi) is 8.03. The smallest absolute Gasteiger partial charge is 0.132 e. The van der Waals surface area contributed by atoms with Gasteiger partial charge in [-0.3, -0.25) is 4.79 Å². The summed E-state index contributed by atoms with van der Waals surface area (Å²) in [5, 5.41) is 0. The van der Waals surface area contributed by atoms with Crippen LogP contribution in [0.25, 0.3) is 0 Å². The van der Waals surface area contributed by atoms with E-state index in [4.69, 9.17) is 0 Å². The van der Waals surface area contributed by atoms with Crippen LogP contribution in [0, 0.1) is 0 Å². The van der Waals surface area contributed by atoms with Crippen LogP contribution < -0.4 is 0 Å². The first-order valence-electron chi connectivity index (χ1n) is 6.47. The third kappa shape index (κ3) is 11.8. The summed E-state index contributed by atoms with van der Waals surface area (Å²) in [4.78, 5) is 11.5. The van der Waals surface area contributed by atoms with E-state index in [1.807, 2.05) is 0 Å². The minimum absolute atomic E-state index is 0.494. The molecule has 0 atom stereocenters. The molecule has 2 heteroatoms. The standard InChI is InChI=1S/C13H28OSi/c1-5-6-7-8-9-10-13(14)11-12-15(2,3)4/h5-12H2,1-4H3.